The van der Waals surface area contributed by atoms with Gasteiger partial charge in [0.1, 0.15) is 0 Å². The van der Waals surface area contributed by atoms with Gasteiger partial charge in [-0.2, -0.15) is 0 Å². The molecule has 0 saturated carbocycles. The second kappa shape index (κ2) is 16.9. The molecule has 0 rings (SSSR count). The van der Waals surface area contributed by atoms with E-state index in [1.807, 2.05) is 0 Å². The van der Waals surface area contributed by atoms with Crippen LogP contribution in [0.2, 0.25) is 13.3 Å². The van der Waals surface area contributed by atoms with Crippen LogP contribution in [0.25, 0.3) is 0 Å². The number of unbranched alkanes of at least 4 members (excludes halogenated alkanes) is 9. The first-order chi connectivity index (χ1) is 9.35. The van der Waals surface area contributed by atoms with Crippen LogP contribution in [0, 0.1) is 0 Å². The van der Waals surface area contributed by atoms with Crippen LogP contribution >= 0.6 is 0 Å². The third kappa shape index (κ3) is 15.0. The average molecular weight is 374 g/mol. The van der Waals surface area contributed by atoms with Crippen molar-refractivity contribution in [2.45, 2.75) is 111 Å². The van der Waals surface area contributed by atoms with E-state index < -0.39 is 19.8 Å². The summed E-state index contributed by atoms with van der Waals surface area (Å²) in [7, 11) is 0. The molecule has 0 aromatic heterocycles. The SMILES string of the molecule is CCCCC[CH2][Sn]([CH2]CCCCC)[CH2]CCCCC. The Kier molecular flexibility index (Phi) is 17.6. The van der Waals surface area contributed by atoms with Crippen molar-refractivity contribution in [1.82, 2.24) is 0 Å². The van der Waals surface area contributed by atoms with Crippen LogP contribution in [0.1, 0.15) is 97.8 Å². The van der Waals surface area contributed by atoms with Crippen molar-refractivity contribution in [3.8, 4) is 0 Å². The van der Waals surface area contributed by atoms with Crippen molar-refractivity contribution < 1.29 is 0 Å². The molecule has 0 aromatic carbocycles. The van der Waals surface area contributed by atoms with E-state index in [1.54, 1.807) is 32.6 Å². The molecule has 0 nitrogen and oxygen atoms in total. The fraction of sp³-hybridized carbons (Fsp3) is 1.00. The van der Waals surface area contributed by atoms with Crippen LogP contribution in [0.5, 0.6) is 0 Å². The number of hydrogen-bond donors (Lipinski definition) is 0. The molecule has 0 atom stereocenters. The topological polar surface area (TPSA) is 0 Å². The van der Waals surface area contributed by atoms with Crippen LogP contribution in [0.4, 0.5) is 0 Å². The van der Waals surface area contributed by atoms with Gasteiger partial charge in [0, 0.05) is 0 Å². The summed E-state index contributed by atoms with van der Waals surface area (Å²) >= 11 is -0.948. The minimum atomic E-state index is -0.948. The van der Waals surface area contributed by atoms with Gasteiger partial charge in [-0.05, 0) is 0 Å². The average Bonchev–Trinajstić information content (AvgIpc) is 2.43. The normalized spacial score (nSPS) is 11.4. The van der Waals surface area contributed by atoms with E-state index in [0.717, 1.165) is 0 Å². The zero-order valence-electron chi connectivity index (χ0n) is 14.1. The first-order valence-electron chi connectivity index (χ1n) is 9.18. The molecule has 0 bridgehead atoms. The van der Waals surface area contributed by atoms with Gasteiger partial charge >= 0.3 is 131 Å². The van der Waals surface area contributed by atoms with Crippen molar-refractivity contribution in [2.24, 2.45) is 0 Å². The second-order valence-corrected chi connectivity index (χ2v) is 14.7. The van der Waals surface area contributed by atoms with Crippen LogP contribution in [-0.2, 0) is 0 Å². The summed E-state index contributed by atoms with van der Waals surface area (Å²) in [6.45, 7) is 6.99. The molecule has 19 heavy (non-hydrogen) atoms. The molecule has 1 radical (unpaired) electrons. The van der Waals surface area contributed by atoms with E-state index >= 15 is 0 Å². The Morgan fingerprint density at radius 1 is 0.421 bits per heavy atom. The molecule has 0 aliphatic carbocycles. The first-order valence-corrected chi connectivity index (χ1v) is 15.2. The molecule has 0 saturated heterocycles. The molecular weight excluding hydrogens is 335 g/mol. The number of rotatable bonds is 15. The van der Waals surface area contributed by atoms with E-state index in [1.165, 1.54) is 57.8 Å². The summed E-state index contributed by atoms with van der Waals surface area (Å²) in [5, 5.41) is 0. The summed E-state index contributed by atoms with van der Waals surface area (Å²) < 4.78 is 5.13. The maximum atomic E-state index is 2.33. The Balaban J connectivity index is 3.66. The number of hydrogen-bond acceptors (Lipinski definition) is 0. The zero-order valence-corrected chi connectivity index (χ0v) is 17.0. The second-order valence-electron chi connectivity index (χ2n) is 6.18. The van der Waals surface area contributed by atoms with Gasteiger partial charge in [0.2, 0.25) is 0 Å². The van der Waals surface area contributed by atoms with E-state index in [0.29, 0.717) is 0 Å². The van der Waals surface area contributed by atoms with Gasteiger partial charge in [-0.25, -0.2) is 0 Å². The molecule has 0 aliphatic heterocycles. The van der Waals surface area contributed by atoms with Crippen molar-refractivity contribution in [3.63, 3.8) is 0 Å². The molecule has 0 N–H and O–H groups in total. The first kappa shape index (κ1) is 19.8. The minimum absolute atomic E-state index is 0.948. The summed E-state index contributed by atoms with van der Waals surface area (Å²) in [6.07, 6.45) is 17.9. The summed E-state index contributed by atoms with van der Waals surface area (Å²) in [4.78, 5) is 0. The van der Waals surface area contributed by atoms with Gasteiger partial charge < -0.3 is 0 Å². The molecule has 0 fully saturated rings. The fourth-order valence-corrected chi connectivity index (χ4v) is 11.3. The van der Waals surface area contributed by atoms with Gasteiger partial charge in [-0.3, -0.25) is 0 Å². The Labute approximate surface area is 130 Å². The van der Waals surface area contributed by atoms with Crippen molar-refractivity contribution in [3.05, 3.63) is 0 Å². The van der Waals surface area contributed by atoms with Gasteiger partial charge in [-0.1, -0.05) is 0 Å². The Hall–Kier alpha value is 0.799. The van der Waals surface area contributed by atoms with E-state index in [-0.39, 0.29) is 0 Å². The molecule has 0 unspecified atom stereocenters. The van der Waals surface area contributed by atoms with Crippen LogP contribution in [0.15, 0.2) is 0 Å². The van der Waals surface area contributed by atoms with Crippen molar-refractivity contribution >= 4 is 19.8 Å². The van der Waals surface area contributed by atoms with Crippen molar-refractivity contribution in [2.75, 3.05) is 0 Å². The molecule has 0 spiro atoms. The molecule has 1 heteroatoms. The molecule has 0 heterocycles. The molecule has 0 aliphatic rings. The maximum absolute atomic E-state index is 2.33. The standard InChI is InChI=1S/3C6H13.Sn/c3*1-3-5-6-4-2;/h3*1,3-6H2,2H3;. The summed E-state index contributed by atoms with van der Waals surface area (Å²) in [5.41, 5.74) is 0. The van der Waals surface area contributed by atoms with E-state index in [9.17, 15) is 0 Å². The van der Waals surface area contributed by atoms with Gasteiger partial charge in [0.05, 0.1) is 0 Å². The fourth-order valence-electron chi connectivity index (χ4n) is 2.78. The van der Waals surface area contributed by atoms with Gasteiger partial charge in [-0.15, -0.1) is 0 Å². The van der Waals surface area contributed by atoms with Gasteiger partial charge in [0.25, 0.3) is 0 Å². The Morgan fingerprint density at radius 3 is 1.00 bits per heavy atom. The third-order valence-electron chi connectivity index (χ3n) is 4.15. The summed E-state index contributed by atoms with van der Waals surface area (Å²) in [5.74, 6) is 0. The van der Waals surface area contributed by atoms with Crippen molar-refractivity contribution in [1.29, 1.82) is 0 Å². The molecule has 0 amide bonds. The predicted molar refractivity (Wildman–Crippen MR) is 92.6 cm³/mol. The molecular formula is C18H39Sn. The quantitative estimate of drug-likeness (QED) is 0.210. The van der Waals surface area contributed by atoms with Gasteiger partial charge in [0.15, 0.2) is 0 Å². The third-order valence-corrected chi connectivity index (χ3v) is 13.2. The monoisotopic (exact) mass is 375 g/mol. The van der Waals surface area contributed by atoms with Crippen LogP contribution in [0.3, 0.4) is 0 Å². The van der Waals surface area contributed by atoms with Crippen LogP contribution < -0.4 is 0 Å². The molecule has 0 aromatic rings. The van der Waals surface area contributed by atoms with E-state index in [2.05, 4.69) is 20.8 Å². The molecule has 115 valence electrons. The summed E-state index contributed by atoms with van der Waals surface area (Å²) in [6, 6.07) is 0. The Bertz CT molecular complexity index is 127. The zero-order chi connectivity index (χ0) is 14.2. The Morgan fingerprint density at radius 2 is 0.737 bits per heavy atom. The predicted octanol–water partition coefficient (Wildman–Crippen LogP) is 7.22. The van der Waals surface area contributed by atoms with Crippen LogP contribution in [-0.4, -0.2) is 19.8 Å². The van der Waals surface area contributed by atoms with E-state index in [4.69, 9.17) is 0 Å².